The van der Waals surface area contributed by atoms with E-state index in [-0.39, 0.29) is 17.8 Å². The molecule has 2 aromatic rings. The van der Waals surface area contributed by atoms with Crippen LogP contribution >= 0.6 is 0 Å². The summed E-state index contributed by atoms with van der Waals surface area (Å²) < 4.78 is 32.2. The van der Waals surface area contributed by atoms with Crippen molar-refractivity contribution in [2.24, 2.45) is 5.73 Å². The van der Waals surface area contributed by atoms with Gasteiger partial charge in [0.15, 0.2) is 11.6 Å². The lowest BCUT2D eigenvalue weighted by atomic mass is 10.0. The molecule has 4 nitrogen and oxygen atoms in total. The molecular weight excluding hydrogens is 338 g/mol. The van der Waals surface area contributed by atoms with E-state index in [9.17, 15) is 13.6 Å². The van der Waals surface area contributed by atoms with Crippen molar-refractivity contribution in [3.05, 3.63) is 65.7 Å². The Bertz CT molecular complexity index is 747. The molecule has 1 fully saturated rings. The Morgan fingerprint density at radius 1 is 1.15 bits per heavy atom. The van der Waals surface area contributed by atoms with Crippen LogP contribution in [0, 0.1) is 11.6 Å². The van der Waals surface area contributed by atoms with Crippen LogP contribution < -0.4 is 10.5 Å². The van der Waals surface area contributed by atoms with Gasteiger partial charge in [0.05, 0.1) is 6.04 Å². The van der Waals surface area contributed by atoms with E-state index in [0.717, 1.165) is 11.6 Å². The lowest BCUT2D eigenvalue weighted by Crippen LogP contribution is -2.49. The first-order valence-corrected chi connectivity index (χ1v) is 8.73. The van der Waals surface area contributed by atoms with E-state index in [1.165, 1.54) is 12.1 Å². The van der Waals surface area contributed by atoms with Crippen LogP contribution in [0.3, 0.4) is 0 Å². The quantitative estimate of drug-likeness (QED) is 0.892. The van der Waals surface area contributed by atoms with E-state index in [0.29, 0.717) is 32.4 Å². The Morgan fingerprint density at radius 3 is 2.50 bits per heavy atom. The predicted octanol–water partition coefficient (Wildman–Crippen LogP) is 2.90. The third-order valence-corrected chi connectivity index (χ3v) is 4.56. The minimum Gasteiger partial charge on any atom is -0.487 e. The summed E-state index contributed by atoms with van der Waals surface area (Å²) in [5.41, 5.74) is 7.09. The maximum Gasteiger partial charge on any atom is 0.239 e. The summed E-state index contributed by atoms with van der Waals surface area (Å²) in [6, 6.07) is 12.3. The Kier molecular flexibility index (Phi) is 5.83. The summed E-state index contributed by atoms with van der Waals surface area (Å²) in [6.45, 7) is 1.02. The number of nitrogens with two attached hydrogens (primary N) is 1. The Morgan fingerprint density at radius 2 is 1.85 bits per heavy atom. The Labute approximate surface area is 151 Å². The number of amides is 1. The number of piperidine rings is 1. The van der Waals surface area contributed by atoms with Gasteiger partial charge in [-0.15, -0.1) is 0 Å². The fourth-order valence-corrected chi connectivity index (χ4v) is 3.13. The monoisotopic (exact) mass is 360 g/mol. The molecule has 0 bridgehead atoms. The molecule has 1 amide bonds. The molecule has 138 valence electrons. The van der Waals surface area contributed by atoms with Crippen LogP contribution in [-0.4, -0.2) is 36.0 Å². The van der Waals surface area contributed by atoms with Crippen LogP contribution in [-0.2, 0) is 11.2 Å². The van der Waals surface area contributed by atoms with Gasteiger partial charge >= 0.3 is 0 Å². The summed E-state index contributed by atoms with van der Waals surface area (Å²) in [5, 5.41) is 0. The van der Waals surface area contributed by atoms with E-state index in [1.807, 2.05) is 30.3 Å². The first-order valence-electron chi connectivity index (χ1n) is 8.73. The fraction of sp³-hybridized carbons (Fsp3) is 0.350. The Hall–Kier alpha value is -2.47. The highest BCUT2D eigenvalue weighted by atomic mass is 19.1. The molecule has 0 radical (unpaired) electrons. The van der Waals surface area contributed by atoms with E-state index < -0.39 is 17.7 Å². The zero-order chi connectivity index (χ0) is 18.5. The van der Waals surface area contributed by atoms with Crippen molar-refractivity contribution in [1.29, 1.82) is 0 Å². The molecule has 0 aromatic heterocycles. The smallest absolute Gasteiger partial charge is 0.239 e. The maximum absolute atomic E-state index is 13.7. The molecule has 1 aliphatic heterocycles. The summed E-state index contributed by atoms with van der Waals surface area (Å²) >= 11 is 0. The van der Waals surface area contributed by atoms with Gasteiger partial charge in [-0.25, -0.2) is 8.78 Å². The van der Waals surface area contributed by atoms with Crippen molar-refractivity contribution in [2.45, 2.75) is 31.4 Å². The normalized spacial score (nSPS) is 16.3. The lowest BCUT2D eigenvalue weighted by Gasteiger charge is -2.33. The van der Waals surface area contributed by atoms with Crippen LogP contribution in [0.25, 0.3) is 0 Å². The number of halogens is 2. The van der Waals surface area contributed by atoms with E-state index in [4.69, 9.17) is 10.5 Å². The predicted molar refractivity (Wildman–Crippen MR) is 94.7 cm³/mol. The van der Waals surface area contributed by atoms with Gasteiger partial charge in [0.25, 0.3) is 0 Å². The van der Waals surface area contributed by atoms with Gasteiger partial charge in [0, 0.05) is 32.0 Å². The van der Waals surface area contributed by atoms with Gasteiger partial charge in [-0.2, -0.15) is 0 Å². The number of likely N-dealkylation sites (tertiary alicyclic amines) is 1. The van der Waals surface area contributed by atoms with Crippen molar-refractivity contribution < 1.29 is 18.3 Å². The average molecular weight is 360 g/mol. The molecule has 1 atom stereocenters. The van der Waals surface area contributed by atoms with Crippen molar-refractivity contribution in [1.82, 2.24) is 4.90 Å². The highest BCUT2D eigenvalue weighted by Crippen LogP contribution is 2.23. The van der Waals surface area contributed by atoms with Crippen molar-refractivity contribution in [3.63, 3.8) is 0 Å². The topological polar surface area (TPSA) is 55.6 Å². The molecule has 0 spiro atoms. The Balaban J connectivity index is 1.50. The molecule has 1 aliphatic rings. The van der Waals surface area contributed by atoms with Crippen LogP contribution in [0.1, 0.15) is 18.4 Å². The maximum atomic E-state index is 13.7. The molecule has 0 aliphatic carbocycles. The summed E-state index contributed by atoms with van der Waals surface area (Å²) in [7, 11) is 0. The largest absolute Gasteiger partial charge is 0.487 e. The number of rotatable bonds is 5. The first-order chi connectivity index (χ1) is 12.5. The second-order valence-corrected chi connectivity index (χ2v) is 6.51. The average Bonchev–Trinajstić information content (AvgIpc) is 2.65. The van der Waals surface area contributed by atoms with Crippen molar-refractivity contribution in [2.75, 3.05) is 13.1 Å². The zero-order valence-electron chi connectivity index (χ0n) is 14.4. The molecule has 0 saturated carbocycles. The zero-order valence-corrected chi connectivity index (χ0v) is 14.4. The highest BCUT2D eigenvalue weighted by molar-refractivity contribution is 5.82. The molecule has 2 aromatic carbocycles. The van der Waals surface area contributed by atoms with Gasteiger partial charge < -0.3 is 15.4 Å². The number of carbonyl (C=O) groups excluding carboxylic acids is 1. The number of carbonyl (C=O) groups is 1. The highest BCUT2D eigenvalue weighted by Gasteiger charge is 2.27. The molecule has 2 N–H and O–H groups in total. The van der Waals surface area contributed by atoms with Gasteiger partial charge in [0.1, 0.15) is 11.9 Å². The molecule has 1 heterocycles. The second-order valence-electron chi connectivity index (χ2n) is 6.51. The molecule has 1 saturated heterocycles. The molecule has 26 heavy (non-hydrogen) atoms. The number of benzene rings is 2. The number of ether oxygens (including phenoxy) is 1. The minimum atomic E-state index is -0.714. The van der Waals surface area contributed by atoms with Gasteiger partial charge in [-0.3, -0.25) is 4.79 Å². The molecular formula is C20H22F2N2O2. The van der Waals surface area contributed by atoms with Crippen molar-refractivity contribution in [3.8, 4) is 5.75 Å². The number of hydrogen-bond acceptors (Lipinski definition) is 3. The van der Waals surface area contributed by atoms with Crippen LogP contribution in [0.5, 0.6) is 5.75 Å². The van der Waals surface area contributed by atoms with Crippen LogP contribution in [0.15, 0.2) is 48.5 Å². The summed E-state index contributed by atoms with van der Waals surface area (Å²) in [6.07, 6.45) is 1.46. The lowest BCUT2D eigenvalue weighted by molar-refractivity contribution is -0.134. The van der Waals surface area contributed by atoms with Crippen molar-refractivity contribution >= 4 is 5.91 Å². The van der Waals surface area contributed by atoms with Gasteiger partial charge in [0.2, 0.25) is 5.91 Å². The second kappa shape index (κ2) is 8.27. The summed E-state index contributed by atoms with van der Waals surface area (Å²) in [5.74, 6) is -1.40. The fourth-order valence-electron chi connectivity index (χ4n) is 3.13. The van der Waals surface area contributed by atoms with E-state index >= 15 is 0 Å². The van der Waals surface area contributed by atoms with Gasteiger partial charge in [-0.1, -0.05) is 30.3 Å². The summed E-state index contributed by atoms with van der Waals surface area (Å²) in [4.78, 5) is 14.2. The SMILES string of the molecule is N[C@@H](Cc1ccccc1)C(=O)N1CCC(Oc2ccc(F)cc2F)CC1. The van der Waals surface area contributed by atoms with Crippen LogP contribution in [0.4, 0.5) is 8.78 Å². The molecule has 0 unspecified atom stereocenters. The van der Waals surface area contributed by atoms with Crippen LogP contribution in [0.2, 0.25) is 0 Å². The van der Waals surface area contributed by atoms with Gasteiger partial charge in [-0.05, 0) is 24.1 Å². The minimum absolute atomic E-state index is 0.0388. The third kappa shape index (κ3) is 4.58. The third-order valence-electron chi connectivity index (χ3n) is 4.56. The van der Waals surface area contributed by atoms with E-state index in [1.54, 1.807) is 4.90 Å². The standard InChI is InChI=1S/C20H22F2N2O2/c21-15-6-7-19(17(22)13-15)26-16-8-10-24(11-9-16)20(25)18(23)12-14-4-2-1-3-5-14/h1-7,13,16,18H,8-12,23H2/t18-/m0/s1. The van der Waals surface area contributed by atoms with E-state index in [2.05, 4.69) is 0 Å². The molecule has 6 heteroatoms. The first kappa shape index (κ1) is 18.3. The number of nitrogens with zero attached hydrogens (tertiary/aromatic N) is 1. The molecule has 3 rings (SSSR count). The number of hydrogen-bond donors (Lipinski definition) is 1.